The molecular formula is C9H18N2OS. The van der Waals surface area contributed by atoms with Gasteiger partial charge in [0.25, 0.3) is 0 Å². The molecule has 76 valence electrons. The minimum atomic E-state index is -0.299. The van der Waals surface area contributed by atoms with Crippen molar-refractivity contribution in [2.45, 2.75) is 33.1 Å². The van der Waals surface area contributed by atoms with Crippen molar-refractivity contribution in [3.63, 3.8) is 0 Å². The van der Waals surface area contributed by atoms with Gasteiger partial charge in [-0.25, -0.2) is 0 Å². The van der Waals surface area contributed by atoms with E-state index in [1.54, 1.807) is 0 Å². The summed E-state index contributed by atoms with van der Waals surface area (Å²) in [5, 5.41) is 2.81. The highest BCUT2D eigenvalue weighted by Gasteiger charge is 2.17. The van der Waals surface area contributed by atoms with E-state index in [-0.39, 0.29) is 16.8 Å². The Hall–Kier alpha value is -0.640. The van der Waals surface area contributed by atoms with E-state index >= 15 is 0 Å². The van der Waals surface area contributed by atoms with E-state index in [9.17, 15) is 4.79 Å². The highest BCUT2D eigenvalue weighted by atomic mass is 32.1. The molecule has 3 nitrogen and oxygen atoms in total. The molecular weight excluding hydrogens is 184 g/mol. The number of carbonyl (C=O) groups is 1. The van der Waals surface area contributed by atoms with Gasteiger partial charge in [0, 0.05) is 6.54 Å². The Balaban J connectivity index is 3.85. The molecule has 0 fully saturated rings. The van der Waals surface area contributed by atoms with Gasteiger partial charge in [-0.15, -0.1) is 0 Å². The van der Waals surface area contributed by atoms with Crippen molar-refractivity contribution in [3.05, 3.63) is 0 Å². The van der Waals surface area contributed by atoms with Crippen molar-refractivity contribution in [2.24, 2.45) is 11.7 Å². The third kappa shape index (κ3) is 4.83. The van der Waals surface area contributed by atoms with Crippen LogP contribution in [0.2, 0.25) is 0 Å². The first-order chi connectivity index (χ1) is 6.13. The summed E-state index contributed by atoms with van der Waals surface area (Å²) < 4.78 is 0. The molecule has 0 bridgehead atoms. The molecule has 13 heavy (non-hydrogen) atoms. The first-order valence-electron chi connectivity index (χ1n) is 4.70. The maximum atomic E-state index is 11.4. The molecule has 0 heterocycles. The minimum Gasteiger partial charge on any atom is -0.393 e. The topological polar surface area (TPSA) is 55.1 Å². The molecule has 1 amide bonds. The van der Waals surface area contributed by atoms with E-state index in [1.807, 2.05) is 6.92 Å². The van der Waals surface area contributed by atoms with Crippen molar-refractivity contribution in [1.29, 1.82) is 0 Å². The molecule has 1 atom stereocenters. The van der Waals surface area contributed by atoms with Crippen LogP contribution in [0, 0.1) is 5.92 Å². The summed E-state index contributed by atoms with van der Waals surface area (Å²) >= 11 is 4.79. The Kier molecular flexibility index (Phi) is 6.49. The van der Waals surface area contributed by atoms with Crippen LogP contribution >= 0.6 is 12.2 Å². The van der Waals surface area contributed by atoms with Crippen molar-refractivity contribution in [3.8, 4) is 0 Å². The second-order valence-electron chi connectivity index (χ2n) is 3.01. The second-order valence-corrected chi connectivity index (χ2v) is 3.48. The predicted molar refractivity (Wildman–Crippen MR) is 58.5 cm³/mol. The van der Waals surface area contributed by atoms with E-state index in [0.717, 1.165) is 12.8 Å². The van der Waals surface area contributed by atoms with Crippen LogP contribution in [0.15, 0.2) is 0 Å². The number of amides is 1. The van der Waals surface area contributed by atoms with Gasteiger partial charge in [0.05, 0.1) is 10.9 Å². The van der Waals surface area contributed by atoms with Crippen LogP contribution in [0.5, 0.6) is 0 Å². The lowest BCUT2D eigenvalue weighted by atomic mass is 10.1. The Morgan fingerprint density at radius 3 is 2.54 bits per heavy atom. The molecule has 0 aromatic carbocycles. The normalized spacial score (nSPS) is 12.2. The Bertz CT molecular complexity index is 182. The van der Waals surface area contributed by atoms with Gasteiger partial charge in [-0.1, -0.05) is 32.5 Å². The van der Waals surface area contributed by atoms with Crippen LogP contribution < -0.4 is 11.1 Å². The van der Waals surface area contributed by atoms with Gasteiger partial charge in [0.15, 0.2) is 0 Å². The second kappa shape index (κ2) is 6.83. The summed E-state index contributed by atoms with van der Waals surface area (Å²) in [5.74, 6) is -0.338. The third-order valence-corrected chi connectivity index (χ3v) is 2.18. The standard InChI is InChI=1S/C9H18N2OS/c1-3-5-6-11-9(12)7(4-2)8(10)13/h7H,3-6H2,1-2H3,(H2,10,13)(H,11,12). The molecule has 0 radical (unpaired) electrons. The molecule has 0 rings (SSSR count). The molecule has 1 unspecified atom stereocenters. The highest BCUT2D eigenvalue weighted by molar-refractivity contribution is 7.80. The molecule has 0 spiro atoms. The molecule has 0 aliphatic rings. The number of thiocarbonyl (C=S) groups is 1. The average Bonchev–Trinajstić information content (AvgIpc) is 2.05. The molecule has 0 aromatic rings. The number of carbonyl (C=O) groups excluding carboxylic acids is 1. The molecule has 0 saturated heterocycles. The van der Waals surface area contributed by atoms with E-state index in [0.29, 0.717) is 13.0 Å². The number of hydrogen-bond acceptors (Lipinski definition) is 2. The van der Waals surface area contributed by atoms with Crippen LogP contribution in [0.4, 0.5) is 0 Å². The van der Waals surface area contributed by atoms with Crippen molar-refractivity contribution < 1.29 is 4.79 Å². The molecule has 4 heteroatoms. The third-order valence-electron chi connectivity index (χ3n) is 1.90. The Morgan fingerprint density at radius 1 is 1.54 bits per heavy atom. The molecule has 0 aliphatic carbocycles. The molecule has 0 aliphatic heterocycles. The van der Waals surface area contributed by atoms with Gasteiger partial charge in [0.2, 0.25) is 5.91 Å². The number of nitrogens with two attached hydrogens (primary N) is 1. The maximum Gasteiger partial charge on any atom is 0.229 e. The number of rotatable bonds is 6. The van der Waals surface area contributed by atoms with Crippen LogP contribution in [-0.2, 0) is 4.79 Å². The highest BCUT2D eigenvalue weighted by Crippen LogP contribution is 2.02. The van der Waals surface area contributed by atoms with Gasteiger partial charge in [-0.2, -0.15) is 0 Å². The molecule has 3 N–H and O–H groups in total. The fourth-order valence-corrected chi connectivity index (χ4v) is 1.30. The van der Waals surface area contributed by atoms with Crippen LogP contribution in [0.25, 0.3) is 0 Å². The summed E-state index contributed by atoms with van der Waals surface area (Å²) in [7, 11) is 0. The molecule has 0 aromatic heterocycles. The quantitative estimate of drug-likeness (QED) is 0.503. The predicted octanol–water partition coefficient (Wildman–Crippen LogP) is 1.22. The number of unbranched alkanes of at least 4 members (excludes halogenated alkanes) is 1. The zero-order valence-electron chi connectivity index (χ0n) is 8.30. The average molecular weight is 202 g/mol. The van der Waals surface area contributed by atoms with Gasteiger partial charge in [0.1, 0.15) is 0 Å². The van der Waals surface area contributed by atoms with E-state index < -0.39 is 0 Å². The lowest BCUT2D eigenvalue weighted by molar-refractivity contribution is -0.123. The Labute approximate surface area is 85.1 Å². The van der Waals surface area contributed by atoms with Gasteiger partial charge < -0.3 is 11.1 Å². The van der Waals surface area contributed by atoms with Gasteiger partial charge >= 0.3 is 0 Å². The minimum absolute atomic E-state index is 0.0385. The number of hydrogen-bond donors (Lipinski definition) is 2. The first kappa shape index (κ1) is 12.4. The zero-order valence-corrected chi connectivity index (χ0v) is 9.12. The van der Waals surface area contributed by atoms with E-state index in [1.165, 1.54) is 0 Å². The van der Waals surface area contributed by atoms with Gasteiger partial charge in [-0.05, 0) is 12.8 Å². The lowest BCUT2D eigenvalue weighted by Crippen LogP contribution is -2.37. The van der Waals surface area contributed by atoms with E-state index in [4.69, 9.17) is 18.0 Å². The fraction of sp³-hybridized carbons (Fsp3) is 0.778. The van der Waals surface area contributed by atoms with Crippen LogP contribution in [0.1, 0.15) is 33.1 Å². The lowest BCUT2D eigenvalue weighted by Gasteiger charge is -2.12. The van der Waals surface area contributed by atoms with Crippen molar-refractivity contribution >= 4 is 23.1 Å². The fourth-order valence-electron chi connectivity index (χ4n) is 1.03. The summed E-state index contributed by atoms with van der Waals surface area (Å²) in [6.45, 7) is 4.70. The summed E-state index contributed by atoms with van der Waals surface area (Å²) in [4.78, 5) is 11.7. The summed E-state index contributed by atoms with van der Waals surface area (Å²) in [6.07, 6.45) is 2.75. The SMILES string of the molecule is CCCCNC(=O)C(CC)C(N)=S. The Morgan fingerprint density at radius 2 is 2.15 bits per heavy atom. The summed E-state index contributed by atoms with van der Waals surface area (Å²) in [6, 6.07) is 0. The van der Waals surface area contributed by atoms with Crippen LogP contribution in [-0.4, -0.2) is 17.4 Å². The largest absolute Gasteiger partial charge is 0.393 e. The zero-order chi connectivity index (χ0) is 10.3. The van der Waals surface area contributed by atoms with Crippen molar-refractivity contribution in [1.82, 2.24) is 5.32 Å². The van der Waals surface area contributed by atoms with E-state index in [2.05, 4.69) is 12.2 Å². The first-order valence-corrected chi connectivity index (χ1v) is 5.11. The van der Waals surface area contributed by atoms with Crippen molar-refractivity contribution in [2.75, 3.05) is 6.54 Å². The van der Waals surface area contributed by atoms with Gasteiger partial charge in [-0.3, -0.25) is 4.79 Å². The smallest absolute Gasteiger partial charge is 0.229 e. The number of nitrogens with one attached hydrogen (secondary N) is 1. The molecule has 0 saturated carbocycles. The maximum absolute atomic E-state index is 11.4. The monoisotopic (exact) mass is 202 g/mol. The summed E-state index contributed by atoms with van der Waals surface area (Å²) in [5.41, 5.74) is 5.42. The van der Waals surface area contributed by atoms with Crippen LogP contribution in [0.3, 0.4) is 0 Å².